The Morgan fingerprint density at radius 2 is 1.71 bits per heavy atom. The molecule has 4 rings (SSSR count). The van der Waals surface area contributed by atoms with E-state index in [-0.39, 0.29) is 23.9 Å². The summed E-state index contributed by atoms with van der Waals surface area (Å²) in [5.41, 5.74) is 2.82. The Morgan fingerprint density at radius 1 is 0.971 bits per heavy atom. The summed E-state index contributed by atoms with van der Waals surface area (Å²) in [7, 11) is 0. The smallest absolute Gasteiger partial charge is 0.258 e. The van der Waals surface area contributed by atoms with Crippen LogP contribution in [0.25, 0.3) is 0 Å². The first kappa shape index (κ1) is 23.7. The number of nitrogens with zero attached hydrogens (tertiary/aromatic N) is 2. The predicted octanol–water partition coefficient (Wildman–Crippen LogP) is 6.92. The largest absolute Gasteiger partial charge is 0.309 e. The van der Waals surface area contributed by atoms with Gasteiger partial charge in [-0.25, -0.2) is 4.39 Å². The van der Waals surface area contributed by atoms with Gasteiger partial charge in [0.2, 0.25) is 5.91 Å². The highest BCUT2D eigenvalue weighted by molar-refractivity contribution is 6.07. The van der Waals surface area contributed by atoms with Gasteiger partial charge in [-0.05, 0) is 61.7 Å². The molecular formula is C29H31FN2O2. The van der Waals surface area contributed by atoms with Gasteiger partial charge in [-0.3, -0.25) is 9.59 Å². The van der Waals surface area contributed by atoms with Gasteiger partial charge in [0.1, 0.15) is 5.82 Å². The molecule has 0 unspecified atom stereocenters. The molecule has 1 heterocycles. The lowest BCUT2D eigenvalue weighted by molar-refractivity contribution is -0.119. The number of fused-ring (bicyclic) bond motifs is 1. The molecule has 2 amide bonds. The minimum Gasteiger partial charge on any atom is -0.309 e. The molecule has 0 bridgehead atoms. The van der Waals surface area contributed by atoms with E-state index in [1.165, 1.54) is 12.1 Å². The molecule has 0 aliphatic carbocycles. The van der Waals surface area contributed by atoms with Gasteiger partial charge < -0.3 is 9.80 Å². The first-order valence-electron chi connectivity index (χ1n) is 12.1. The molecular weight excluding hydrogens is 427 g/mol. The summed E-state index contributed by atoms with van der Waals surface area (Å²) in [6, 6.07) is 22.8. The van der Waals surface area contributed by atoms with E-state index < -0.39 is 5.82 Å². The highest BCUT2D eigenvalue weighted by atomic mass is 19.1. The second-order valence-corrected chi connectivity index (χ2v) is 8.90. The maximum Gasteiger partial charge on any atom is 0.258 e. The average Bonchev–Trinajstić information content (AvgIpc) is 2.85. The summed E-state index contributed by atoms with van der Waals surface area (Å²) in [6.45, 7) is 4.16. The molecule has 0 spiro atoms. The Kier molecular flexibility index (Phi) is 7.41. The molecule has 1 aliphatic heterocycles. The fourth-order valence-corrected chi connectivity index (χ4v) is 4.84. The van der Waals surface area contributed by atoms with Crippen LogP contribution in [0.15, 0.2) is 78.9 Å². The lowest BCUT2D eigenvalue weighted by Crippen LogP contribution is -2.47. The third kappa shape index (κ3) is 4.89. The van der Waals surface area contributed by atoms with E-state index in [2.05, 4.69) is 6.92 Å². The summed E-state index contributed by atoms with van der Waals surface area (Å²) in [5.74, 6) is -0.588. The summed E-state index contributed by atoms with van der Waals surface area (Å²) in [5, 5.41) is 0. The van der Waals surface area contributed by atoms with Gasteiger partial charge in [0, 0.05) is 29.4 Å². The van der Waals surface area contributed by atoms with Crippen LogP contribution < -0.4 is 9.80 Å². The van der Waals surface area contributed by atoms with E-state index in [0.29, 0.717) is 18.4 Å². The van der Waals surface area contributed by atoms with E-state index in [4.69, 9.17) is 0 Å². The second-order valence-electron chi connectivity index (χ2n) is 8.90. The van der Waals surface area contributed by atoms with Gasteiger partial charge in [0.25, 0.3) is 5.91 Å². The zero-order chi connectivity index (χ0) is 24.1. The Labute approximate surface area is 201 Å². The number of halogens is 1. The monoisotopic (exact) mass is 458 g/mol. The number of benzene rings is 3. The van der Waals surface area contributed by atoms with Crippen LogP contribution in [0.4, 0.5) is 15.8 Å². The molecule has 5 heteroatoms. The molecule has 1 aliphatic rings. The van der Waals surface area contributed by atoms with Crippen molar-refractivity contribution in [2.75, 3.05) is 9.80 Å². The van der Waals surface area contributed by atoms with E-state index in [9.17, 15) is 14.0 Å². The number of para-hydroxylation sites is 2. The van der Waals surface area contributed by atoms with Gasteiger partial charge in [-0.15, -0.1) is 0 Å². The van der Waals surface area contributed by atoms with Crippen LogP contribution in [0, 0.1) is 5.82 Å². The number of carbonyl (C=O) groups is 2. The van der Waals surface area contributed by atoms with Gasteiger partial charge in [-0.2, -0.15) is 0 Å². The van der Waals surface area contributed by atoms with Crippen molar-refractivity contribution in [3.05, 3.63) is 95.8 Å². The fraction of sp³-hybridized carbons (Fsp3) is 0.310. The van der Waals surface area contributed by atoms with Crippen molar-refractivity contribution in [2.45, 2.75) is 58.0 Å². The molecule has 176 valence electrons. The van der Waals surface area contributed by atoms with Gasteiger partial charge in [0.15, 0.2) is 0 Å². The maximum absolute atomic E-state index is 14.0. The predicted molar refractivity (Wildman–Crippen MR) is 135 cm³/mol. The van der Waals surface area contributed by atoms with Crippen molar-refractivity contribution in [1.29, 1.82) is 0 Å². The third-order valence-electron chi connectivity index (χ3n) is 6.46. The molecule has 0 N–H and O–H groups in total. The number of anilines is 2. The van der Waals surface area contributed by atoms with Gasteiger partial charge in [-0.1, -0.05) is 62.2 Å². The van der Waals surface area contributed by atoms with Crippen molar-refractivity contribution in [1.82, 2.24) is 0 Å². The van der Waals surface area contributed by atoms with E-state index in [1.807, 2.05) is 66.4 Å². The standard InChI is InChI=1S/C29H31FN2O2/c1-3-4-6-18-28(33)31-21(2)19-27(25-16-9-10-17-26(25)31)32(24-14-7-5-8-15-24)29(34)22-12-11-13-23(30)20-22/h5,7-17,20-21,27H,3-4,6,18-19H2,1-2H3/t21-,27+/m0/s1. The van der Waals surface area contributed by atoms with E-state index in [1.54, 1.807) is 17.0 Å². The molecule has 34 heavy (non-hydrogen) atoms. The van der Waals surface area contributed by atoms with Crippen molar-refractivity contribution in [2.24, 2.45) is 0 Å². The Balaban J connectivity index is 1.76. The molecule has 0 fully saturated rings. The van der Waals surface area contributed by atoms with E-state index in [0.717, 1.165) is 36.2 Å². The fourth-order valence-electron chi connectivity index (χ4n) is 4.84. The van der Waals surface area contributed by atoms with Crippen LogP contribution in [0.3, 0.4) is 0 Å². The van der Waals surface area contributed by atoms with Crippen LogP contribution in [0.2, 0.25) is 0 Å². The minimum atomic E-state index is -0.444. The SMILES string of the molecule is CCCCCC(=O)N1c2ccccc2[C@H](N(C(=O)c2cccc(F)c2)c2ccccc2)C[C@@H]1C. The molecule has 0 aromatic heterocycles. The highest BCUT2D eigenvalue weighted by Gasteiger charge is 2.38. The normalized spacial score (nSPS) is 17.2. The summed E-state index contributed by atoms with van der Waals surface area (Å²) < 4.78 is 14.0. The summed E-state index contributed by atoms with van der Waals surface area (Å²) >= 11 is 0. The van der Waals surface area contributed by atoms with Gasteiger partial charge >= 0.3 is 0 Å². The lowest BCUT2D eigenvalue weighted by atomic mass is 9.89. The number of hydrogen-bond acceptors (Lipinski definition) is 2. The molecule has 3 aromatic carbocycles. The Morgan fingerprint density at radius 3 is 2.44 bits per heavy atom. The number of carbonyl (C=O) groups excluding carboxylic acids is 2. The number of rotatable bonds is 7. The number of hydrogen-bond donors (Lipinski definition) is 0. The molecule has 0 saturated heterocycles. The quantitative estimate of drug-likeness (QED) is 0.361. The second kappa shape index (κ2) is 10.6. The molecule has 0 radical (unpaired) electrons. The van der Waals surface area contributed by atoms with Crippen molar-refractivity contribution in [3.63, 3.8) is 0 Å². The maximum atomic E-state index is 14.0. The average molecular weight is 459 g/mol. The summed E-state index contributed by atoms with van der Waals surface area (Å²) in [4.78, 5) is 30.6. The van der Waals surface area contributed by atoms with Crippen LogP contribution in [-0.2, 0) is 4.79 Å². The van der Waals surface area contributed by atoms with Crippen LogP contribution >= 0.6 is 0 Å². The molecule has 2 atom stereocenters. The highest BCUT2D eigenvalue weighted by Crippen LogP contribution is 2.43. The Hall–Kier alpha value is -3.47. The van der Waals surface area contributed by atoms with Crippen LogP contribution in [0.1, 0.15) is 67.9 Å². The molecule has 0 saturated carbocycles. The zero-order valence-corrected chi connectivity index (χ0v) is 19.8. The first-order chi connectivity index (χ1) is 16.5. The molecule has 3 aromatic rings. The Bertz CT molecular complexity index is 1150. The van der Waals surface area contributed by atoms with E-state index >= 15 is 0 Å². The lowest BCUT2D eigenvalue weighted by Gasteiger charge is -2.43. The number of amides is 2. The van der Waals surface area contributed by atoms with Crippen LogP contribution in [-0.4, -0.2) is 17.9 Å². The zero-order valence-electron chi connectivity index (χ0n) is 19.8. The van der Waals surface area contributed by atoms with Crippen molar-refractivity contribution >= 4 is 23.2 Å². The van der Waals surface area contributed by atoms with Gasteiger partial charge in [0.05, 0.1) is 6.04 Å². The third-order valence-corrected chi connectivity index (χ3v) is 6.46. The first-order valence-corrected chi connectivity index (χ1v) is 12.1. The summed E-state index contributed by atoms with van der Waals surface area (Å²) in [6.07, 6.45) is 4.07. The van der Waals surface area contributed by atoms with Crippen molar-refractivity contribution < 1.29 is 14.0 Å². The molecule has 4 nitrogen and oxygen atoms in total. The van der Waals surface area contributed by atoms with Crippen LogP contribution in [0.5, 0.6) is 0 Å². The van der Waals surface area contributed by atoms with Crippen molar-refractivity contribution in [3.8, 4) is 0 Å². The minimum absolute atomic E-state index is 0.0828. The topological polar surface area (TPSA) is 40.6 Å². The number of unbranched alkanes of at least 4 members (excludes halogenated alkanes) is 2.